The number of tetrazole rings is 1. The average Bonchev–Trinajstić information content (AvgIpc) is 3.00. The van der Waals surface area contributed by atoms with E-state index in [0.29, 0.717) is 12.5 Å². The number of aryl methyl sites for hydroxylation is 1. The Kier molecular flexibility index (Phi) is 4.74. The summed E-state index contributed by atoms with van der Waals surface area (Å²) in [5.74, 6) is 0.462. The molecule has 1 saturated carbocycles. The van der Waals surface area contributed by atoms with Gasteiger partial charge in [0.25, 0.3) is 10.0 Å². The molecular formula is C12H23N5O2S. The highest BCUT2D eigenvalue weighted by atomic mass is 32.2. The van der Waals surface area contributed by atoms with Crippen LogP contribution in [0.1, 0.15) is 46.0 Å². The predicted molar refractivity (Wildman–Crippen MR) is 74.4 cm³/mol. The van der Waals surface area contributed by atoms with Crippen molar-refractivity contribution in [1.29, 1.82) is 0 Å². The molecule has 20 heavy (non-hydrogen) atoms. The molecule has 0 N–H and O–H groups in total. The zero-order chi connectivity index (χ0) is 14.8. The fraction of sp³-hybridized carbons (Fsp3) is 0.917. The first-order valence-corrected chi connectivity index (χ1v) is 8.61. The maximum absolute atomic E-state index is 12.7. The SMILES string of the molecule is CC(C)CCN(C1CCCC1)S(=O)(=O)c1nnn(C)n1. The highest BCUT2D eigenvalue weighted by molar-refractivity contribution is 7.89. The van der Waals surface area contributed by atoms with Crippen LogP contribution in [0.2, 0.25) is 0 Å². The van der Waals surface area contributed by atoms with Gasteiger partial charge in [-0.05, 0) is 30.4 Å². The third-order valence-corrected chi connectivity index (χ3v) is 5.41. The van der Waals surface area contributed by atoms with Gasteiger partial charge < -0.3 is 0 Å². The second-order valence-electron chi connectivity index (χ2n) is 5.80. The van der Waals surface area contributed by atoms with Crippen molar-refractivity contribution in [2.45, 2.75) is 57.1 Å². The lowest BCUT2D eigenvalue weighted by Gasteiger charge is -2.27. The average molecular weight is 301 g/mol. The maximum atomic E-state index is 12.7. The molecule has 0 spiro atoms. The molecule has 0 amide bonds. The fourth-order valence-electron chi connectivity index (χ4n) is 2.55. The summed E-state index contributed by atoms with van der Waals surface area (Å²) in [6.07, 6.45) is 4.88. The van der Waals surface area contributed by atoms with Crippen molar-refractivity contribution in [3.8, 4) is 0 Å². The summed E-state index contributed by atoms with van der Waals surface area (Å²) in [6, 6.07) is 0.0857. The van der Waals surface area contributed by atoms with Crippen LogP contribution in [0, 0.1) is 5.92 Å². The first-order valence-electron chi connectivity index (χ1n) is 7.17. The lowest BCUT2D eigenvalue weighted by molar-refractivity contribution is 0.302. The van der Waals surface area contributed by atoms with Crippen molar-refractivity contribution < 1.29 is 8.42 Å². The summed E-state index contributed by atoms with van der Waals surface area (Å²) in [6.45, 7) is 4.73. The van der Waals surface area contributed by atoms with E-state index < -0.39 is 10.0 Å². The van der Waals surface area contributed by atoms with E-state index >= 15 is 0 Å². The van der Waals surface area contributed by atoms with Gasteiger partial charge in [0.1, 0.15) is 0 Å². The number of aromatic nitrogens is 4. The van der Waals surface area contributed by atoms with Crippen molar-refractivity contribution in [2.75, 3.05) is 6.54 Å². The molecule has 0 aliphatic heterocycles. The molecule has 7 nitrogen and oxygen atoms in total. The van der Waals surface area contributed by atoms with Gasteiger partial charge in [-0.25, -0.2) is 8.42 Å². The van der Waals surface area contributed by atoms with E-state index in [9.17, 15) is 8.42 Å². The number of hydrogen-bond donors (Lipinski definition) is 0. The van der Waals surface area contributed by atoms with Crippen LogP contribution in [0.15, 0.2) is 5.16 Å². The molecule has 0 aromatic carbocycles. The quantitative estimate of drug-likeness (QED) is 0.788. The van der Waals surface area contributed by atoms with Crippen LogP contribution in [0.5, 0.6) is 0 Å². The van der Waals surface area contributed by atoms with E-state index in [4.69, 9.17) is 0 Å². The second kappa shape index (κ2) is 6.17. The Morgan fingerprint density at radius 1 is 1.35 bits per heavy atom. The lowest BCUT2D eigenvalue weighted by Crippen LogP contribution is -2.40. The minimum Gasteiger partial charge on any atom is -0.203 e. The molecule has 1 aliphatic rings. The Balaban J connectivity index is 2.24. The van der Waals surface area contributed by atoms with Gasteiger partial charge in [-0.3, -0.25) is 0 Å². The fourth-order valence-corrected chi connectivity index (χ4v) is 4.07. The predicted octanol–water partition coefficient (Wildman–Crippen LogP) is 1.19. The Hall–Kier alpha value is -1.02. The van der Waals surface area contributed by atoms with Crippen LogP contribution >= 0.6 is 0 Å². The highest BCUT2D eigenvalue weighted by Crippen LogP contribution is 2.28. The van der Waals surface area contributed by atoms with Gasteiger partial charge in [0.2, 0.25) is 0 Å². The monoisotopic (exact) mass is 301 g/mol. The molecule has 114 valence electrons. The van der Waals surface area contributed by atoms with Gasteiger partial charge in [-0.1, -0.05) is 31.8 Å². The van der Waals surface area contributed by atoms with E-state index in [1.54, 1.807) is 11.4 Å². The van der Waals surface area contributed by atoms with Crippen LogP contribution in [0.3, 0.4) is 0 Å². The van der Waals surface area contributed by atoms with Gasteiger partial charge in [0.05, 0.1) is 7.05 Å². The lowest BCUT2D eigenvalue weighted by atomic mass is 10.1. The summed E-state index contributed by atoms with van der Waals surface area (Å²) in [5, 5.41) is 11.0. The normalized spacial score (nSPS) is 17.4. The Labute approximate surface area is 120 Å². The van der Waals surface area contributed by atoms with Crippen LogP contribution in [-0.4, -0.2) is 45.5 Å². The van der Waals surface area contributed by atoms with Crippen molar-refractivity contribution in [2.24, 2.45) is 13.0 Å². The smallest absolute Gasteiger partial charge is 0.203 e. The van der Waals surface area contributed by atoms with Crippen LogP contribution in [-0.2, 0) is 17.1 Å². The van der Waals surface area contributed by atoms with Crippen LogP contribution in [0.4, 0.5) is 0 Å². The van der Waals surface area contributed by atoms with Crippen molar-refractivity contribution in [3.63, 3.8) is 0 Å². The zero-order valence-electron chi connectivity index (χ0n) is 12.4. The molecule has 1 fully saturated rings. The molecule has 0 unspecified atom stereocenters. The minimum absolute atomic E-state index is 0.0857. The van der Waals surface area contributed by atoms with Crippen molar-refractivity contribution in [1.82, 2.24) is 24.5 Å². The van der Waals surface area contributed by atoms with E-state index in [-0.39, 0.29) is 11.2 Å². The summed E-state index contributed by atoms with van der Waals surface area (Å²) in [7, 11) is -2.06. The molecule has 1 aromatic rings. The van der Waals surface area contributed by atoms with Crippen LogP contribution in [0.25, 0.3) is 0 Å². The number of sulfonamides is 1. The van der Waals surface area contributed by atoms with E-state index in [0.717, 1.165) is 32.1 Å². The van der Waals surface area contributed by atoms with Crippen molar-refractivity contribution in [3.05, 3.63) is 0 Å². The third-order valence-electron chi connectivity index (χ3n) is 3.69. The Morgan fingerprint density at radius 3 is 2.50 bits per heavy atom. The zero-order valence-corrected chi connectivity index (χ0v) is 13.2. The maximum Gasteiger partial charge on any atom is 0.303 e. The summed E-state index contributed by atoms with van der Waals surface area (Å²) in [5.41, 5.74) is 0. The topological polar surface area (TPSA) is 81.0 Å². The molecule has 0 saturated heterocycles. The first kappa shape index (κ1) is 15.4. The summed E-state index contributed by atoms with van der Waals surface area (Å²) in [4.78, 5) is 1.18. The Morgan fingerprint density at radius 2 is 2.00 bits per heavy atom. The summed E-state index contributed by atoms with van der Waals surface area (Å²) >= 11 is 0. The molecule has 8 heteroatoms. The molecule has 1 aliphatic carbocycles. The standard InChI is InChI=1S/C12H23N5O2S/c1-10(2)8-9-17(11-6-4-5-7-11)20(18,19)12-13-15-16(3)14-12/h10-11H,4-9H2,1-3H3. The highest BCUT2D eigenvalue weighted by Gasteiger charge is 2.35. The van der Waals surface area contributed by atoms with E-state index in [1.165, 1.54) is 4.80 Å². The number of rotatable bonds is 6. The second-order valence-corrected chi connectivity index (χ2v) is 7.58. The molecule has 1 heterocycles. The largest absolute Gasteiger partial charge is 0.303 e. The van der Waals surface area contributed by atoms with Gasteiger partial charge in [-0.2, -0.15) is 9.10 Å². The number of nitrogens with zero attached hydrogens (tertiary/aromatic N) is 5. The minimum atomic E-state index is -3.63. The van der Waals surface area contributed by atoms with Crippen molar-refractivity contribution >= 4 is 10.0 Å². The number of hydrogen-bond acceptors (Lipinski definition) is 5. The third kappa shape index (κ3) is 3.35. The van der Waals surface area contributed by atoms with Gasteiger partial charge >= 0.3 is 5.16 Å². The summed E-state index contributed by atoms with van der Waals surface area (Å²) < 4.78 is 27.0. The molecule has 0 atom stereocenters. The van der Waals surface area contributed by atoms with Gasteiger partial charge in [-0.15, -0.1) is 5.10 Å². The van der Waals surface area contributed by atoms with Crippen LogP contribution < -0.4 is 0 Å². The molecule has 1 aromatic heterocycles. The molecule has 0 bridgehead atoms. The Bertz CT molecular complexity index is 534. The van der Waals surface area contributed by atoms with Gasteiger partial charge in [0.15, 0.2) is 0 Å². The molecular weight excluding hydrogens is 278 g/mol. The van der Waals surface area contributed by atoms with E-state index in [2.05, 4.69) is 29.3 Å². The first-order chi connectivity index (χ1) is 9.41. The molecule has 2 rings (SSSR count). The van der Waals surface area contributed by atoms with E-state index in [1.807, 2.05) is 0 Å². The molecule has 0 radical (unpaired) electrons. The van der Waals surface area contributed by atoms with Gasteiger partial charge in [0, 0.05) is 12.6 Å².